The molecule has 3 rings (SSSR count). The van der Waals surface area contributed by atoms with Gasteiger partial charge in [0.2, 0.25) is 10.0 Å². The number of rotatable bonds is 5. The number of aryl methyl sites for hydroxylation is 2. The van der Waals surface area contributed by atoms with Crippen molar-refractivity contribution in [3.8, 4) is 0 Å². The van der Waals surface area contributed by atoms with Gasteiger partial charge in [-0.3, -0.25) is 4.79 Å². The second kappa shape index (κ2) is 8.76. The lowest BCUT2D eigenvalue weighted by Gasteiger charge is -2.32. The number of sulfonamides is 1. The van der Waals surface area contributed by atoms with E-state index in [1.807, 2.05) is 0 Å². The molecule has 7 heteroatoms. The highest BCUT2D eigenvalue weighted by atomic mass is 79.9. The molecule has 1 amide bonds. The smallest absolute Gasteiger partial charge is 0.255 e. The Morgan fingerprint density at radius 3 is 2.39 bits per heavy atom. The van der Waals surface area contributed by atoms with Crippen LogP contribution in [-0.4, -0.2) is 32.3 Å². The second-order valence-corrected chi connectivity index (χ2v) is 9.86. The van der Waals surface area contributed by atoms with Crippen LogP contribution in [0.15, 0.2) is 51.8 Å². The summed E-state index contributed by atoms with van der Waals surface area (Å²) in [5.41, 5.74) is 2.96. The molecule has 1 heterocycles. The lowest BCUT2D eigenvalue weighted by atomic mass is 9.90. The van der Waals surface area contributed by atoms with Gasteiger partial charge in [-0.15, -0.1) is 0 Å². The van der Waals surface area contributed by atoms with Gasteiger partial charge in [-0.2, -0.15) is 0 Å². The van der Waals surface area contributed by atoms with Crippen molar-refractivity contribution in [1.82, 2.24) is 4.90 Å². The highest BCUT2D eigenvalue weighted by molar-refractivity contribution is 9.10. The highest BCUT2D eigenvalue weighted by Crippen LogP contribution is 2.27. The van der Waals surface area contributed by atoms with Crippen LogP contribution < -0.4 is 5.14 Å². The number of nitrogens with zero attached hydrogens (tertiary/aromatic N) is 1. The molecule has 0 aliphatic carbocycles. The maximum absolute atomic E-state index is 12.9. The van der Waals surface area contributed by atoms with Crippen LogP contribution in [0.1, 0.15) is 40.7 Å². The number of hydrogen-bond acceptors (Lipinski definition) is 3. The zero-order chi connectivity index (χ0) is 20.3. The fourth-order valence-corrected chi connectivity index (χ4v) is 4.52. The minimum absolute atomic E-state index is 0.0490. The lowest BCUT2D eigenvalue weighted by molar-refractivity contribution is 0.0685. The van der Waals surface area contributed by atoms with Crippen LogP contribution in [0, 0.1) is 12.8 Å². The normalized spacial score (nSPS) is 15.6. The quantitative estimate of drug-likeness (QED) is 0.728. The third-order valence-corrected chi connectivity index (χ3v) is 6.96. The van der Waals surface area contributed by atoms with Gasteiger partial charge in [0.15, 0.2) is 0 Å². The van der Waals surface area contributed by atoms with Crippen LogP contribution in [0.2, 0.25) is 0 Å². The van der Waals surface area contributed by atoms with Crippen molar-refractivity contribution in [3.05, 3.63) is 63.6 Å². The topological polar surface area (TPSA) is 80.5 Å². The van der Waals surface area contributed by atoms with Gasteiger partial charge < -0.3 is 4.90 Å². The summed E-state index contributed by atoms with van der Waals surface area (Å²) in [7, 11) is -3.84. The average Bonchev–Trinajstić information content (AvgIpc) is 2.67. The largest absolute Gasteiger partial charge is 0.339 e. The summed E-state index contributed by atoms with van der Waals surface area (Å²) in [5, 5.41) is 5.19. The van der Waals surface area contributed by atoms with Crippen LogP contribution in [-0.2, 0) is 16.4 Å². The molecule has 5 nitrogen and oxygen atoms in total. The number of hydrogen-bond donors (Lipinski definition) is 1. The summed E-state index contributed by atoms with van der Waals surface area (Å²) >= 11 is 3.35. The van der Waals surface area contributed by atoms with Gasteiger partial charge in [0, 0.05) is 17.6 Å². The van der Waals surface area contributed by atoms with Crippen LogP contribution in [0.25, 0.3) is 0 Å². The van der Waals surface area contributed by atoms with Crippen molar-refractivity contribution >= 4 is 31.9 Å². The molecule has 2 aromatic carbocycles. The second-order valence-electron chi connectivity index (χ2n) is 7.45. The van der Waals surface area contributed by atoms with Crippen LogP contribution >= 0.6 is 15.9 Å². The Hall–Kier alpha value is -1.70. The first kappa shape index (κ1) is 21.0. The number of likely N-dealkylation sites (tertiary alicyclic amines) is 1. The Balaban J connectivity index is 1.59. The molecular weight excluding hydrogens is 440 g/mol. The van der Waals surface area contributed by atoms with Crippen molar-refractivity contribution in [2.75, 3.05) is 13.1 Å². The number of primary sulfonamides is 1. The van der Waals surface area contributed by atoms with E-state index < -0.39 is 10.0 Å². The molecule has 1 aliphatic rings. The number of carbonyl (C=O) groups excluding carboxylic acids is 1. The summed E-state index contributed by atoms with van der Waals surface area (Å²) in [6.07, 6.45) is 4.10. The number of amides is 1. The van der Waals surface area contributed by atoms with Gasteiger partial charge in [0.05, 0.1) is 10.5 Å². The van der Waals surface area contributed by atoms with E-state index in [0.29, 0.717) is 29.0 Å². The monoisotopic (exact) mass is 464 g/mol. The number of benzene rings is 2. The molecule has 1 saturated heterocycles. The minimum Gasteiger partial charge on any atom is -0.339 e. The van der Waals surface area contributed by atoms with Crippen molar-refractivity contribution in [2.24, 2.45) is 11.1 Å². The number of carbonyl (C=O) groups is 1. The Labute approximate surface area is 175 Å². The van der Waals surface area contributed by atoms with Crippen molar-refractivity contribution < 1.29 is 13.2 Å². The molecule has 150 valence electrons. The molecular formula is C21H25BrN2O3S. The van der Waals surface area contributed by atoms with E-state index in [1.165, 1.54) is 23.3 Å². The van der Waals surface area contributed by atoms with Gasteiger partial charge in [0.1, 0.15) is 0 Å². The number of halogens is 1. The number of nitrogens with two attached hydrogens (primary N) is 1. The van der Waals surface area contributed by atoms with E-state index in [2.05, 4.69) is 47.1 Å². The molecule has 0 atom stereocenters. The molecule has 0 bridgehead atoms. The third-order valence-electron chi connectivity index (χ3n) is 5.36. The van der Waals surface area contributed by atoms with Gasteiger partial charge in [-0.1, -0.05) is 29.8 Å². The molecule has 0 unspecified atom stereocenters. The fourth-order valence-electron chi connectivity index (χ4n) is 3.57. The van der Waals surface area contributed by atoms with Gasteiger partial charge >= 0.3 is 0 Å². The number of piperidine rings is 1. The first-order chi connectivity index (χ1) is 13.2. The van der Waals surface area contributed by atoms with Crippen molar-refractivity contribution in [2.45, 2.75) is 37.5 Å². The molecule has 0 radical (unpaired) electrons. The molecule has 0 aromatic heterocycles. The Morgan fingerprint density at radius 2 is 1.79 bits per heavy atom. The average molecular weight is 465 g/mol. The van der Waals surface area contributed by atoms with E-state index in [0.717, 1.165) is 25.7 Å². The molecule has 1 fully saturated rings. The van der Waals surface area contributed by atoms with Crippen LogP contribution in [0.5, 0.6) is 0 Å². The summed E-state index contributed by atoms with van der Waals surface area (Å²) in [5.74, 6) is 0.443. The van der Waals surface area contributed by atoms with Crippen molar-refractivity contribution in [1.29, 1.82) is 0 Å². The minimum atomic E-state index is -3.84. The predicted octanol–water partition coefficient (Wildman–Crippen LogP) is 3.89. The van der Waals surface area contributed by atoms with E-state index in [1.54, 1.807) is 11.0 Å². The van der Waals surface area contributed by atoms with E-state index in [9.17, 15) is 13.2 Å². The van der Waals surface area contributed by atoms with E-state index >= 15 is 0 Å². The maximum Gasteiger partial charge on any atom is 0.255 e. The van der Waals surface area contributed by atoms with Crippen LogP contribution in [0.3, 0.4) is 0 Å². The first-order valence-corrected chi connectivity index (χ1v) is 11.7. The molecule has 2 aromatic rings. The summed E-state index contributed by atoms with van der Waals surface area (Å²) in [4.78, 5) is 14.6. The molecule has 28 heavy (non-hydrogen) atoms. The van der Waals surface area contributed by atoms with Gasteiger partial charge in [-0.05, 0) is 78.2 Å². The molecule has 1 aliphatic heterocycles. The Morgan fingerprint density at radius 1 is 1.14 bits per heavy atom. The first-order valence-electron chi connectivity index (χ1n) is 9.41. The summed E-state index contributed by atoms with van der Waals surface area (Å²) in [6.45, 7) is 3.46. The summed E-state index contributed by atoms with van der Waals surface area (Å²) in [6, 6.07) is 13.0. The summed E-state index contributed by atoms with van der Waals surface area (Å²) < 4.78 is 23.7. The SMILES string of the molecule is Cc1ccc(CCC2CCN(C(=O)c3cc(S(N)(=O)=O)ccc3Br)CC2)cc1. The third kappa shape index (κ3) is 5.21. The maximum atomic E-state index is 12.9. The standard InChI is InChI=1S/C21H25BrN2O3S/c1-15-2-4-16(5-3-15)6-7-17-10-12-24(13-11-17)21(25)19-14-18(28(23,26)27)8-9-20(19)22/h2-5,8-9,14,17H,6-7,10-13H2,1H3,(H2,23,26,27). The van der Waals surface area contributed by atoms with E-state index in [-0.39, 0.29) is 10.8 Å². The highest BCUT2D eigenvalue weighted by Gasteiger charge is 2.25. The molecule has 0 saturated carbocycles. The Bertz CT molecular complexity index is 950. The van der Waals surface area contributed by atoms with Gasteiger partial charge in [-0.25, -0.2) is 13.6 Å². The fraction of sp³-hybridized carbons (Fsp3) is 0.381. The zero-order valence-corrected chi connectivity index (χ0v) is 18.3. The lowest BCUT2D eigenvalue weighted by Crippen LogP contribution is -2.38. The molecule has 0 spiro atoms. The zero-order valence-electron chi connectivity index (χ0n) is 15.9. The van der Waals surface area contributed by atoms with E-state index in [4.69, 9.17) is 5.14 Å². The van der Waals surface area contributed by atoms with Gasteiger partial charge in [0.25, 0.3) is 5.91 Å². The predicted molar refractivity (Wildman–Crippen MR) is 114 cm³/mol. The van der Waals surface area contributed by atoms with Crippen LogP contribution in [0.4, 0.5) is 0 Å². The Kier molecular flexibility index (Phi) is 6.58. The van der Waals surface area contributed by atoms with Crippen molar-refractivity contribution in [3.63, 3.8) is 0 Å². The molecule has 2 N–H and O–H groups in total.